The van der Waals surface area contributed by atoms with E-state index in [1.807, 2.05) is 30.3 Å². The highest BCUT2D eigenvalue weighted by atomic mass is 16.5. The quantitative estimate of drug-likeness (QED) is 0.656. The average Bonchev–Trinajstić information content (AvgIpc) is 3.30. The molecule has 6 nitrogen and oxygen atoms in total. The van der Waals surface area contributed by atoms with Crippen LogP contribution in [0.25, 0.3) is 10.8 Å². The SMILES string of the molecule is COC(=O)c1cn(NC(=O)C(c2ccccc2)C2CCCC2)c(=O)c2ccccc12. The number of nitrogens with zero attached hydrogens (tertiary/aromatic N) is 1. The summed E-state index contributed by atoms with van der Waals surface area (Å²) in [4.78, 5) is 38.6. The summed E-state index contributed by atoms with van der Waals surface area (Å²) in [7, 11) is 1.29. The smallest absolute Gasteiger partial charge is 0.340 e. The molecule has 0 radical (unpaired) electrons. The highest BCUT2D eigenvalue weighted by molar-refractivity contribution is 6.04. The molecular weight excluding hydrogens is 380 g/mol. The summed E-state index contributed by atoms with van der Waals surface area (Å²) in [5.74, 6) is -0.941. The monoisotopic (exact) mass is 404 g/mol. The number of methoxy groups -OCH3 is 1. The predicted octanol–water partition coefficient (Wildman–Crippen LogP) is 3.83. The van der Waals surface area contributed by atoms with Crippen molar-refractivity contribution < 1.29 is 14.3 Å². The molecule has 4 rings (SSSR count). The minimum Gasteiger partial charge on any atom is -0.465 e. The number of ether oxygens (including phenoxy) is 1. The van der Waals surface area contributed by atoms with Crippen LogP contribution in [-0.2, 0) is 9.53 Å². The van der Waals surface area contributed by atoms with Crippen molar-refractivity contribution in [1.29, 1.82) is 0 Å². The van der Waals surface area contributed by atoms with Crippen LogP contribution in [0.4, 0.5) is 0 Å². The van der Waals surface area contributed by atoms with E-state index in [0.29, 0.717) is 10.8 Å². The second-order valence-electron chi connectivity index (χ2n) is 7.66. The number of nitrogens with one attached hydrogen (secondary N) is 1. The van der Waals surface area contributed by atoms with Gasteiger partial charge in [0.05, 0.1) is 18.6 Å². The van der Waals surface area contributed by atoms with Crippen LogP contribution < -0.4 is 11.0 Å². The molecule has 6 heteroatoms. The summed E-state index contributed by atoms with van der Waals surface area (Å²) in [6.45, 7) is 0. The molecule has 1 unspecified atom stereocenters. The lowest BCUT2D eigenvalue weighted by atomic mass is 9.84. The molecule has 1 N–H and O–H groups in total. The number of pyridine rings is 1. The maximum Gasteiger partial charge on any atom is 0.340 e. The Hall–Kier alpha value is -3.41. The average molecular weight is 404 g/mol. The first-order valence-corrected chi connectivity index (χ1v) is 10.2. The highest BCUT2D eigenvalue weighted by Gasteiger charge is 2.32. The fourth-order valence-electron chi connectivity index (χ4n) is 4.42. The van der Waals surface area contributed by atoms with Gasteiger partial charge in [-0.15, -0.1) is 0 Å². The van der Waals surface area contributed by atoms with E-state index in [4.69, 9.17) is 4.74 Å². The molecule has 154 valence electrons. The molecule has 1 fully saturated rings. The Bertz CT molecular complexity index is 1130. The minimum atomic E-state index is -0.565. The van der Waals surface area contributed by atoms with E-state index in [2.05, 4.69) is 5.43 Å². The molecule has 1 aromatic heterocycles. The predicted molar refractivity (Wildman–Crippen MR) is 115 cm³/mol. The Balaban J connectivity index is 1.75. The molecule has 0 spiro atoms. The summed E-state index contributed by atoms with van der Waals surface area (Å²) in [5, 5.41) is 0.841. The number of fused-ring (bicyclic) bond motifs is 1. The lowest BCUT2D eigenvalue weighted by Crippen LogP contribution is -2.38. The molecule has 1 heterocycles. The first kappa shape index (κ1) is 19.9. The van der Waals surface area contributed by atoms with Crippen molar-refractivity contribution >= 4 is 22.6 Å². The number of hydrogen-bond donors (Lipinski definition) is 1. The van der Waals surface area contributed by atoms with Crippen molar-refractivity contribution in [1.82, 2.24) is 4.68 Å². The van der Waals surface area contributed by atoms with Gasteiger partial charge in [-0.05, 0) is 30.4 Å². The van der Waals surface area contributed by atoms with Gasteiger partial charge in [0.15, 0.2) is 0 Å². The van der Waals surface area contributed by atoms with Crippen LogP contribution in [0.3, 0.4) is 0 Å². The van der Waals surface area contributed by atoms with Crippen molar-refractivity contribution in [3.05, 3.63) is 82.3 Å². The molecule has 1 saturated carbocycles. The Kier molecular flexibility index (Phi) is 5.65. The molecule has 0 saturated heterocycles. The van der Waals surface area contributed by atoms with Crippen LogP contribution in [0.15, 0.2) is 65.6 Å². The van der Waals surface area contributed by atoms with Crippen molar-refractivity contribution in [2.24, 2.45) is 5.92 Å². The van der Waals surface area contributed by atoms with Crippen LogP contribution in [-0.4, -0.2) is 23.7 Å². The number of rotatable bonds is 5. The van der Waals surface area contributed by atoms with E-state index in [1.54, 1.807) is 24.3 Å². The van der Waals surface area contributed by atoms with Gasteiger partial charge >= 0.3 is 5.97 Å². The standard InChI is InChI=1S/C24H24N2O4/c1-30-24(29)20-15-26(23(28)19-14-8-7-13-18(19)20)25-22(27)21(17-11-5-6-12-17)16-9-3-2-4-10-16/h2-4,7-10,13-15,17,21H,5-6,11-12H2,1H3,(H,25,27). The topological polar surface area (TPSA) is 77.4 Å². The summed E-state index contributed by atoms with van der Waals surface area (Å²) in [5.41, 5.74) is 3.53. The van der Waals surface area contributed by atoms with Gasteiger partial charge in [-0.3, -0.25) is 15.0 Å². The zero-order chi connectivity index (χ0) is 21.1. The summed E-state index contributed by atoms with van der Waals surface area (Å²) < 4.78 is 5.99. The lowest BCUT2D eigenvalue weighted by Gasteiger charge is -2.24. The van der Waals surface area contributed by atoms with E-state index >= 15 is 0 Å². The molecule has 1 aliphatic carbocycles. The van der Waals surface area contributed by atoms with Crippen LogP contribution in [0.1, 0.15) is 47.5 Å². The third-order valence-corrected chi connectivity index (χ3v) is 5.87. The van der Waals surface area contributed by atoms with Gasteiger partial charge in [0.1, 0.15) is 0 Å². The summed E-state index contributed by atoms with van der Waals surface area (Å²) >= 11 is 0. The maximum atomic E-state index is 13.4. The van der Waals surface area contributed by atoms with E-state index in [0.717, 1.165) is 35.9 Å². The van der Waals surface area contributed by atoms with Gasteiger partial charge in [0, 0.05) is 17.0 Å². The summed E-state index contributed by atoms with van der Waals surface area (Å²) in [6, 6.07) is 16.5. The van der Waals surface area contributed by atoms with Crippen molar-refractivity contribution in [2.75, 3.05) is 12.5 Å². The van der Waals surface area contributed by atoms with Gasteiger partial charge in [-0.1, -0.05) is 61.4 Å². The van der Waals surface area contributed by atoms with Crippen molar-refractivity contribution in [3.63, 3.8) is 0 Å². The van der Waals surface area contributed by atoms with Gasteiger partial charge in [0.25, 0.3) is 5.56 Å². The Labute approximate surface area is 174 Å². The molecule has 30 heavy (non-hydrogen) atoms. The third kappa shape index (κ3) is 3.73. The second kappa shape index (κ2) is 8.53. The van der Waals surface area contributed by atoms with Gasteiger partial charge in [-0.2, -0.15) is 0 Å². The van der Waals surface area contributed by atoms with E-state index < -0.39 is 5.97 Å². The third-order valence-electron chi connectivity index (χ3n) is 5.87. The lowest BCUT2D eigenvalue weighted by molar-refractivity contribution is -0.119. The van der Waals surface area contributed by atoms with Crippen molar-refractivity contribution in [2.45, 2.75) is 31.6 Å². The Morgan fingerprint density at radius 2 is 1.63 bits per heavy atom. The molecule has 1 aliphatic rings. The van der Waals surface area contributed by atoms with Gasteiger partial charge in [-0.25, -0.2) is 9.47 Å². The molecule has 2 aromatic carbocycles. The van der Waals surface area contributed by atoms with Gasteiger partial charge in [0.2, 0.25) is 5.91 Å². The largest absolute Gasteiger partial charge is 0.465 e. The second-order valence-corrected chi connectivity index (χ2v) is 7.66. The normalized spacial score (nSPS) is 15.1. The summed E-state index contributed by atoms with van der Waals surface area (Å²) in [6.07, 6.45) is 5.51. The van der Waals surface area contributed by atoms with Crippen LogP contribution in [0.2, 0.25) is 0 Å². The Morgan fingerprint density at radius 1 is 1.00 bits per heavy atom. The minimum absolute atomic E-state index is 0.226. The number of esters is 1. The van der Waals surface area contributed by atoms with Crippen LogP contribution in [0, 0.1) is 5.92 Å². The molecule has 3 aromatic rings. The van der Waals surface area contributed by atoms with E-state index in [-0.39, 0.29) is 28.9 Å². The number of hydrogen-bond acceptors (Lipinski definition) is 4. The Morgan fingerprint density at radius 3 is 2.30 bits per heavy atom. The molecule has 1 amide bonds. The maximum absolute atomic E-state index is 13.4. The van der Waals surface area contributed by atoms with Crippen LogP contribution in [0.5, 0.6) is 0 Å². The zero-order valence-corrected chi connectivity index (χ0v) is 16.8. The van der Waals surface area contributed by atoms with Crippen molar-refractivity contribution in [3.8, 4) is 0 Å². The van der Waals surface area contributed by atoms with E-state index in [9.17, 15) is 14.4 Å². The first-order valence-electron chi connectivity index (χ1n) is 10.2. The highest BCUT2D eigenvalue weighted by Crippen LogP contribution is 2.37. The molecule has 0 aliphatic heterocycles. The number of amides is 1. The number of carbonyl (C=O) groups is 2. The molecular formula is C24H24N2O4. The number of aromatic nitrogens is 1. The fraction of sp³-hybridized carbons (Fsp3) is 0.292. The van der Waals surface area contributed by atoms with Crippen LogP contribution >= 0.6 is 0 Å². The van der Waals surface area contributed by atoms with E-state index in [1.165, 1.54) is 13.3 Å². The molecule has 1 atom stereocenters. The number of carbonyl (C=O) groups excluding carboxylic acids is 2. The zero-order valence-electron chi connectivity index (χ0n) is 16.8. The first-order chi connectivity index (χ1) is 14.6. The fourth-order valence-corrected chi connectivity index (χ4v) is 4.42. The molecule has 0 bridgehead atoms. The number of benzene rings is 2. The van der Waals surface area contributed by atoms with Gasteiger partial charge < -0.3 is 4.74 Å².